The van der Waals surface area contributed by atoms with Gasteiger partial charge in [0.25, 0.3) is 0 Å². The molecular formula is C20H32IN5O. The number of methoxy groups -OCH3 is 1. The Balaban J connectivity index is 0.00000364. The van der Waals surface area contributed by atoms with Crippen LogP contribution < -0.4 is 10.6 Å². The molecule has 0 saturated heterocycles. The van der Waals surface area contributed by atoms with Gasteiger partial charge in [0.05, 0.1) is 12.3 Å². The first-order valence-corrected chi connectivity index (χ1v) is 8.98. The molecule has 0 radical (unpaired) electrons. The zero-order chi connectivity index (χ0) is 19.1. The monoisotopic (exact) mass is 485 g/mol. The fraction of sp³-hybridized carbons (Fsp3) is 0.500. The van der Waals surface area contributed by atoms with E-state index in [1.165, 1.54) is 22.4 Å². The number of ether oxygens (including phenoxy) is 1. The van der Waals surface area contributed by atoms with Crippen LogP contribution in [-0.4, -0.2) is 35.9 Å². The summed E-state index contributed by atoms with van der Waals surface area (Å²) in [6, 6.07) is 8.53. The van der Waals surface area contributed by atoms with E-state index in [9.17, 15) is 0 Å². The topological polar surface area (TPSA) is 63.5 Å². The number of hydrogen-bond acceptors (Lipinski definition) is 3. The first kappa shape index (κ1) is 23.4. The summed E-state index contributed by atoms with van der Waals surface area (Å²) in [5, 5.41) is 11.4. The molecule has 2 rings (SSSR count). The summed E-state index contributed by atoms with van der Waals surface area (Å²) in [5.74, 6) is 0.795. The Hall–Kier alpha value is -1.61. The average Bonchev–Trinajstić information content (AvgIpc) is 2.86. The summed E-state index contributed by atoms with van der Waals surface area (Å²) in [7, 11) is 5.50. The Morgan fingerprint density at radius 2 is 1.93 bits per heavy atom. The Morgan fingerprint density at radius 3 is 2.48 bits per heavy atom. The summed E-state index contributed by atoms with van der Waals surface area (Å²) in [4.78, 5) is 4.35. The van der Waals surface area contributed by atoms with Gasteiger partial charge in [0.2, 0.25) is 0 Å². The van der Waals surface area contributed by atoms with E-state index in [-0.39, 0.29) is 30.0 Å². The zero-order valence-corrected chi connectivity index (χ0v) is 19.5. The normalized spacial score (nSPS) is 12.4. The molecule has 0 bridgehead atoms. The van der Waals surface area contributed by atoms with Gasteiger partial charge in [-0.3, -0.25) is 9.67 Å². The van der Waals surface area contributed by atoms with E-state index in [1.807, 2.05) is 23.9 Å². The number of aryl methyl sites for hydroxylation is 2. The molecule has 0 aliphatic carbocycles. The van der Waals surface area contributed by atoms with Crippen molar-refractivity contribution in [2.75, 3.05) is 14.2 Å². The Labute approximate surface area is 179 Å². The van der Waals surface area contributed by atoms with Crippen molar-refractivity contribution in [1.29, 1.82) is 0 Å². The SMILES string of the molecule is CN=C(NCc1ccccc1COC)NC(C)Cc1c(C)nn(C)c1C.I. The first-order valence-electron chi connectivity index (χ1n) is 8.98. The van der Waals surface area contributed by atoms with Crippen LogP contribution in [0.3, 0.4) is 0 Å². The summed E-state index contributed by atoms with van der Waals surface area (Å²) in [5.41, 5.74) is 6.01. The zero-order valence-electron chi connectivity index (χ0n) is 17.2. The minimum atomic E-state index is 0. The maximum Gasteiger partial charge on any atom is 0.191 e. The molecule has 7 heteroatoms. The molecule has 0 fully saturated rings. The maximum absolute atomic E-state index is 5.28. The smallest absolute Gasteiger partial charge is 0.191 e. The van der Waals surface area contributed by atoms with Crippen LogP contribution >= 0.6 is 24.0 Å². The summed E-state index contributed by atoms with van der Waals surface area (Å²) >= 11 is 0. The lowest BCUT2D eigenvalue weighted by atomic mass is 10.1. The molecule has 1 unspecified atom stereocenters. The predicted octanol–water partition coefficient (Wildman–Crippen LogP) is 3.10. The number of rotatable bonds is 7. The van der Waals surface area contributed by atoms with Crippen molar-refractivity contribution < 1.29 is 4.74 Å². The number of halogens is 1. The Morgan fingerprint density at radius 1 is 1.26 bits per heavy atom. The molecule has 1 heterocycles. The van der Waals surface area contributed by atoms with E-state index < -0.39 is 0 Å². The number of benzene rings is 1. The van der Waals surface area contributed by atoms with Gasteiger partial charge in [-0.1, -0.05) is 24.3 Å². The molecule has 0 aliphatic rings. The van der Waals surface area contributed by atoms with Crippen LogP contribution in [0.1, 0.15) is 35.0 Å². The molecule has 0 amide bonds. The molecule has 1 aromatic carbocycles. The van der Waals surface area contributed by atoms with E-state index in [1.54, 1.807) is 14.2 Å². The lowest BCUT2D eigenvalue weighted by molar-refractivity contribution is 0.184. The van der Waals surface area contributed by atoms with Crippen molar-refractivity contribution in [1.82, 2.24) is 20.4 Å². The quantitative estimate of drug-likeness (QED) is 0.360. The van der Waals surface area contributed by atoms with Crippen molar-refractivity contribution in [3.8, 4) is 0 Å². The van der Waals surface area contributed by atoms with Crippen LogP contribution in [0.25, 0.3) is 0 Å². The van der Waals surface area contributed by atoms with Gasteiger partial charge < -0.3 is 15.4 Å². The maximum atomic E-state index is 5.28. The molecule has 0 spiro atoms. The molecule has 150 valence electrons. The molecule has 1 aromatic heterocycles. The van der Waals surface area contributed by atoms with Gasteiger partial charge in [-0.15, -0.1) is 24.0 Å². The van der Waals surface area contributed by atoms with Crippen LogP contribution in [-0.2, 0) is 31.4 Å². The second-order valence-corrected chi connectivity index (χ2v) is 6.65. The van der Waals surface area contributed by atoms with Crippen LogP contribution in [0.15, 0.2) is 29.3 Å². The summed E-state index contributed by atoms with van der Waals surface area (Å²) < 4.78 is 7.22. The Kier molecular flexibility index (Phi) is 9.79. The third-order valence-electron chi connectivity index (χ3n) is 4.64. The lowest BCUT2D eigenvalue weighted by Gasteiger charge is -2.19. The second-order valence-electron chi connectivity index (χ2n) is 6.65. The number of guanidine groups is 1. The summed E-state index contributed by atoms with van der Waals surface area (Å²) in [6.45, 7) is 7.66. The van der Waals surface area contributed by atoms with Crippen molar-refractivity contribution >= 4 is 29.9 Å². The van der Waals surface area contributed by atoms with Crippen LogP contribution in [0, 0.1) is 13.8 Å². The molecular weight excluding hydrogens is 453 g/mol. The van der Waals surface area contributed by atoms with E-state index in [2.05, 4.69) is 53.6 Å². The minimum absolute atomic E-state index is 0. The van der Waals surface area contributed by atoms with Gasteiger partial charge in [0.1, 0.15) is 0 Å². The van der Waals surface area contributed by atoms with Gasteiger partial charge in [-0.2, -0.15) is 5.10 Å². The third kappa shape index (κ3) is 6.49. The standard InChI is InChI=1S/C20H31N5O.HI/c1-14(11-19-15(2)24-25(5)16(19)3)23-20(21-4)22-12-17-9-7-8-10-18(17)13-26-6;/h7-10,14H,11-13H2,1-6H3,(H2,21,22,23);1H. The molecule has 2 N–H and O–H groups in total. The Bertz CT molecular complexity index is 757. The van der Waals surface area contributed by atoms with Gasteiger partial charge in [-0.05, 0) is 43.9 Å². The second kappa shape index (κ2) is 11.3. The summed E-state index contributed by atoms with van der Waals surface area (Å²) in [6.07, 6.45) is 0.909. The highest BCUT2D eigenvalue weighted by atomic mass is 127. The molecule has 0 aliphatic heterocycles. The van der Waals surface area contributed by atoms with Gasteiger partial charge >= 0.3 is 0 Å². The molecule has 0 saturated carbocycles. The fourth-order valence-electron chi connectivity index (χ4n) is 3.10. The predicted molar refractivity (Wildman–Crippen MR) is 122 cm³/mol. The lowest BCUT2D eigenvalue weighted by Crippen LogP contribution is -2.42. The van der Waals surface area contributed by atoms with E-state index in [4.69, 9.17) is 4.74 Å². The first-order chi connectivity index (χ1) is 12.5. The number of aromatic nitrogens is 2. The highest BCUT2D eigenvalue weighted by molar-refractivity contribution is 14.0. The van der Waals surface area contributed by atoms with Gasteiger partial charge in [-0.25, -0.2) is 0 Å². The molecule has 6 nitrogen and oxygen atoms in total. The van der Waals surface area contributed by atoms with Crippen molar-refractivity contribution in [2.24, 2.45) is 12.0 Å². The highest BCUT2D eigenvalue weighted by Crippen LogP contribution is 2.14. The number of hydrogen-bond donors (Lipinski definition) is 2. The highest BCUT2D eigenvalue weighted by Gasteiger charge is 2.14. The van der Waals surface area contributed by atoms with Crippen LogP contribution in [0.5, 0.6) is 0 Å². The van der Waals surface area contributed by atoms with E-state index >= 15 is 0 Å². The molecule has 27 heavy (non-hydrogen) atoms. The van der Waals surface area contributed by atoms with Crippen molar-refractivity contribution in [2.45, 2.75) is 46.4 Å². The van der Waals surface area contributed by atoms with E-state index in [0.717, 1.165) is 18.1 Å². The average molecular weight is 485 g/mol. The fourth-order valence-corrected chi connectivity index (χ4v) is 3.10. The number of nitrogens with one attached hydrogen (secondary N) is 2. The van der Waals surface area contributed by atoms with E-state index in [0.29, 0.717) is 13.2 Å². The van der Waals surface area contributed by atoms with Gasteiger partial charge in [0.15, 0.2) is 5.96 Å². The third-order valence-corrected chi connectivity index (χ3v) is 4.64. The van der Waals surface area contributed by atoms with Crippen LogP contribution in [0.4, 0.5) is 0 Å². The van der Waals surface area contributed by atoms with Crippen molar-refractivity contribution in [3.05, 3.63) is 52.3 Å². The van der Waals surface area contributed by atoms with Crippen molar-refractivity contribution in [3.63, 3.8) is 0 Å². The number of nitrogens with zero attached hydrogens (tertiary/aromatic N) is 3. The number of aliphatic imine (C=N–C) groups is 1. The van der Waals surface area contributed by atoms with Crippen LogP contribution in [0.2, 0.25) is 0 Å². The van der Waals surface area contributed by atoms with Gasteiger partial charge in [0, 0.05) is 39.5 Å². The molecule has 2 aromatic rings. The minimum Gasteiger partial charge on any atom is -0.380 e. The largest absolute Gasteiger partial charge is 0.380 e. The molecule has 1 atom stereocenters.